The molecule has 0 spiro atoms. The molecule has 0 saturated heterocycles. The number of carbonyl (C=O) groups is 2. The van der Waals surface area contributed by atoms with Gasteiger partial charge in [-0.3, -0.25) is 0 Å². The molecule has 2 aliphatic carbocycles. The molecule has 0 amide bonds. The smallest absolute Gasteiger partial charge is 0.550 e. The van der Waals surface area contributed by atoms with Crippen LogP contribution in [0.3, 0.4) is 0 Å². The quantitative estimate of drug-likeness (QED) is 0.512. The van der Waals surface area contributed by atoms with Crippen molar-refractivity contribution >= 4 is 11.9 Å². The van der Waals surface area contributed by atoms with Gasteiger partial charge < -0.3 is 19.8 Å². The molecule has 6 heteroatoms. The monoisotopic (exact) mass is 468 g/mol. The molecule has 0 heterocycles. The summed E-state index contributed by atoms with van der Waals surface area (Å²) in [5.41, 5.74) is 0. The van der Waals surface area contributed by atoms with Crippen LogP contribution >= 0.6 is 0 Å². The van der Waals surface area contributed by atoms with E-state index in [1.54, 1.807) is 0 Å². The molecule has 2 unspecified atom stereocenters. The second-order valence-electron chi connectivity index (χ2n) is 8.07. The van der Waals surface area contributed by atoms with Crippen molar-refractivity contribution in [3.63, 3.8) is 0 Å². The van der Waals surface area contributed by atoms with E-state index in [0.29, 0.717) is 11.8 Å². The predicted molar refractivity (Wildman–Crippen MR) is 95.3 cm³/mol. The van der Waals surface area contributed by atoms with Gasteiger partial charge in [-0.25, -0.2) is 0 Å². The fourth-order valence-corrected chi connectivity index (χ4v) is 4.38. The molecule has 2 rings (SSSR count). The number of carboxylic acids is 2. The van der Waals surface area contributed by atoms with Gasteiger partial charge in [0.1, 0.15) is 0 Å². The van der Waals surface area contributed by atoms with E-state index < -0.39 is 11.9 Å². The molecule has 162 valence electrons. The minimum Gasteiger partial charge on any atom is -0.550 e. The zero-order chi connectivity index (χ0) is 18.7. The van der Waals surface area contributed by atoms with Gasteiger partial charge in [-0.2, -0.15) is 0 Å². The van der Waals surface area contributed by atoms with E-state index in [-0.39, 0.29) is 45.8 Å². The zero-order valence-corrected chi connectivity index (χ0v) is 18.7. The van der Waals surface area contributed by atoms with Crippen LogP contribution in [0.1, 0.15) is 97.3 Å². The van der Waals surface area contributed by atoms with Gasteiger partial charge in [-0.1, -0.05) is 65.2 Å². The fourth-order valence-electron chi connectivity index (χ4n) is 4.38. The molecule has 4 nitrogen and oxygen atoms in total. The maximum Gasteiger partial charge on any atom is 2.00 e. The summed E-state index contributed by atoms with van der Waals surface area (Å²) in [6.07, 6.45) is 13.5. The molecule has 0 aliphatic heterocycles. The Morgan fingerprint density at radius 2 is 1.04 bits per heavy atom. The molecule has 2 atom stereocenters. The Morgan fingerprint density at radius 1 is 0.667 bits per heavy atom. The summed E-state index contributed by atoms with van der Waals surface area (Å²) >= 11 is 0. The summed E-state index contributed by atoms with van der Waals surface area (Å²) in [5.74, 6) is 1.29. The Hall–Kier alpha value is -0.0730. The summed E-state index contributed by atoms with van der Waals surface area (Å²) in [6.45, 7) is 4.46. The van der Waals surface area contributed by atoms with Crippen LogP contribution in [0.4, 0.5) is 0 Å². The third-order valence-electron chi connectivity index (χ3n) is 6.28. The average Bonchev–Trinajstić information content (AvgIpc) is 3.07. The Labute approximate surface area is 185 Å². The van der Waals surface area contributed by atoms with Crippen molar-refractivity contribution < 1.29 is 52.8 Å². The van der Waals surface area contributed by atoms with Crippen molar-refractivity contribution in [3.05, 3.63) is 0 Å². The Morgan fingerprint density at radius 3 is 1.44 bits per heavy atom. The maximum absolute atomic E-state index is 10.3. The van der Waals surface area contributed by atoms with Gasteiger partial charge in [-0.15, -0.1) is 0 Å². The molecule has 2 fully saturated rings. The summed E-state index contributed by atoms with van der Waals surface area (Å²) in [7, 11) is 0. The molecular weight excluding hydrogens is 434 g/mol. The summed E-state index contributed by atoms with van der Waals surface area (Å²) in [6, 6.07) is 0. The van der Waals surface area contributed by atoms with Gasteiger partial charge in [0.2, 0.25) is 0 Å². The molecule has 0 aromatic carbocycles. The van der Waals surface area contributed by atoms with Crippen molar-refractivity contribution in [1.82, 2.24) is 0 Å². The van der Waals surface area contributed by atoms with Gasteiger partial charge in [0, 0.05) is 11.9 Å². The average molecular weight is 470 g/mol. The normalized spacial score (nSPS) is 26.7. The molecular formula is C21H36Ni2O4+2. The van der Waals surface area contributed by atoms with E-state index in [0.717, 1.165) is 24.7 Å². The Bertz CT molecular complexity index is 396. The minimum atomic E-state index is -0.894. The molecule has 0 bridgehead atoms. The van der Waals surface area contributed by atoms with E-state index in [2.05, 4.69) is 13.8 Å². The van der Waals surface area contributed by atoms with Crippen molar-refractivity contribution in [1.29, 1.82) is 0 Å². The second-order valence-corrected chi connectivity index (χ2v) is 8.07. The topological polar surface area (TPSA) is 80.3 Å². The van der Waals surface area contributed by atoms with Gasteiger partial charge in [-0.05, 0) is 55.8 Å². The van der Waals surface area contributed by atoms with E-state index in [4.69, 9.17) is 0 Å². The summed E-state index contributed by atoms with van der Waals surface area (Å²) in [5, 5.41) is 20.4. The maximum atomic E-state index is 10.3. The fraction of sp³-hybridized carbons (Fsp3) is 0.905. The number of aliphatic carboxylic acids is 2. The van der Waals surface area contributed by atoms with Crippen molar-refractivity contribution in [2.24, 2.45) is 23.7 Å². The van der Waals surface area contributed by atoms with Crippen LogP contribution in [-0.2, 0) is 42.6 Å². The Balaban J connectivity index is 0. The molecule has 2 saturated carbocycles. The molecule has 0 aromatic rings. The zero-order valence-electron chi connectivity index (χ0n) is 16.8. The molecule has 0 N–H and O–H groups in total. The molecule has 0 radical (unpaired) electrons. The number of rotatable bonds is 8. The standard InChI is InChI=1S/C11H20O2.C10H18O2.2Ni/c1-2-9-3-5-10(6-4-9)7-8-11(12)13;1-2-8-3-4-9(7-8)5-6-10(11)12;;/h9-10H,2-8H2,1H3,(H,12,13);8-9H,2-7H2,1H3,(H,11,12);;/q;;2*+2/p-2. The first-order chi connectivity index (χ1) is 11.9. The number of hydrogen-bond donors (Lipinski definition) is 0. The van der Waals surface area contributed by atoms with E-state index in [1.807, 2.05) is 0 Å². The van der Waals surface area contributed by atoms with Crippen molar-refractivity contribution in [2.75, 3.05) is 0 Å². The van der Waals surface area contributed by atoms with Crippen LogP contribution in [0, 0.1) is 23.7 Å². The summed E-state index contributed by atoms with van der Waals surface area (Å²) in [4.78, 5) is 20.4. The second kappa shape index (κ2) is 16.8. The van der Waals surface area contributed by atoms with Gasteiger partial charge in [0.15, 0.2) is 0 Å². The minimum absolute atomic E-state index is 0. The SMILES string of the molecule is CCC1CCC(CCC(=O)[O-])C1.CCC1CCC(CCC(=O)[O-])CC1.[Ni+2].[Ni+2]. The number of carbonyl (C=O) groups excluding carboxylic acids is 2. The van der Waals surface area contributed by atoms with Crippen LogP contribution in [0.5, 0.6) is 0 Å². The third kappa shape index (κ3) is 13.7. The van der Waals surface area contributed by atoms with E-state index >= 15 is 0 Å². The third-order valence-corrected chi connectivity index (χ3v) is 6.28. The molecule has 27 heavy (non-hydrogen) atoms. The number of hydrogen-bond acceptors (Lipinski definition) is 4. The number of carboxylic acid groups (broad SMARTS) is 2. The van der Waals surface area contributed by atoms with Crippen molar-refractivity contribution in [2.45, 2.75) is 97.3 Å². The first kappa shape index (κ1) is 29.1. The van der Waals surface area contributed by atoms with Crippen LogP contribution in [0.2, 0.25) is 0 Å². The summed E-state index contributed by atoms with van der Waals surface area (Å²) < 4.78 is 0. The largest absolute Gasteiger partial charge is 2.00 e. The molecule has 0 aromatic heterocycles. The first-order valence-electron chi connectivity index (χ1n) is 10.3. The van der Waals surface area contributed by atoms with Crippen molar-refractivity contribution in [3.8, 4) is 0 Å². The molecule has 2 aliphatic rings. The predicted octanol–water partition coefficient (Wildman–Crippen LogP) is 3.07. The van der Waals surface area contributed by atoms with Gasteiger partial charge in [0.25, 0.3) is 0 Å². The van der Waals surface area contributed by atoms with E-state index in [9.17, 15) is 19.8 Å². The van der Waals surface area contributed by atoms with Crippen LogP contribution in [0.15, 0.2) is 0 Å². The van der Waals surface area contributed by atoms with Gasteiger partial charge >= 0.3 is 33.0 Å². The van der Waals surface area contributed by atoms with Gasteiger partial charge in [0.05, 0.1) is 0 Å². The Kier molecular flexibility index (Phi) is 18.2. The first-order valence-corrected chi connectivity index (χ1v) is 10.3. The van der Waals surface area contributed by atoms with Crippen LogP contribution in [-0.4, -0.2) is 11.9 Å². The van der Waals surface area contributed by atoms with E-state index in [1.165, 1.54) is 57.8 Å². The van der Waals surface area contributed by atoms with Crippen LogP contribution < -0.4 is 10.2 Å². The van der Waals surface area contributed by atoms with Crippen LogP contribution in [0.25, 0.3) is 0 Å².